The fourth-order valence-electron chi connectivity index (χ4n) is 2.64. The van der Waals surface area contributed by atoms with Gasteiger partial charge in [-0.15, -0.1) is 22.7 Å². The number of hydrogen-bond acceptors (Lipinski definition) is 5. The number of carbonyl (C=O) groups is 2. The summed E-state index contributed by atoms with van der Waals surface area (Å²) in [4.78, 5) is 28.7. The molecule has 2 aromatic heterocycles. The lowest BCUT2D eigenvalue weighted by Crippen LogP contribution is -2.17. The molecule has 0 aliphatic heterocycles. The van der Waals surface area contributed by atoms with Crippen LogP contribution in [0.25, 0.3) is 10.6 Å². The monoisotopic (exact) mass is 322 g/mol. The Labute approximate surface area is 129 Å². The highest BCUT2D eigenvalue weighted by Gasteiger charge is 2.65. The summed E-state index contributed by atoms with van der Waals surface area (Å²) in [6.07, 6.45) is 0. The Morgan fingerprint density at radius 1 is 1.33 bits per heavy atom. The Morgan fingerprint density at radius 3 is 2.67 bits per heavy atom. The van der Waals surface area contributed by atoms with Crippen LogP contribution in [0.3, 0.4) is 0 Å². The normalized spacial score (nSPS) is 22.8. The van der Waals surface area contributed by atoms with Crippen LogP contribution in [0.5, 0.6) is 0 Å². The number of thiazole rings is 1. The molecule has 2 N–H and O–H groups in total. The molecular formula is C14H14N2O3S2. The molecule has 7 heteroatoms. The van der Waals surface area contributed by atoms with E-state index in [0.717, 1.165) is 10.6 Å². The molecule has 1 aliphatic rings. The number of carboxylic acid groups (broad SMARTS) is 1. The van der Waals surface area contributed by atoms with Crippen molar-refractivity contribution in [1.82, 2.24) is 4.98 Å². The molecule has 1 fully saturated rings. The van der Waals surface area contributed by atoms with Gasteiger partial charge in [-0.3, -0.25) is 9.59 Å². The smallest absolute Gasteiger partial charge is 0.307 e. The molecule has 1 aliphatic carbocycles. The van der Waals surface area contributed by atoms with Gasteiger partial charge < -0.3 is 10.4 Å². The van der Waals surface area contributed by atoms with E-state index in [-0.39, 0.29) is 5.91 Å². The van der Waals surface area contributed by atoms with Crippen molar-refractivity contribution in [3.05, 3.63) is 22.9 Å². The van der Waals surface area contributed by atoms with Gasteiger partial charge in [-0.25, -0.2) is 4.98 Å². The number of aromatic nitrogens is 1. The molecule has 0 aromatic carbocycles. The first-order chi connectivity index (χ1) is 9.91. The third-order valence-corrected chi connectivity index (χ3v) is 5.53. The Hall–Kier alpha value is -1.73. The zero-order valence-corrected chi connectivity index (χ0v) is 13.1. The fourth-order valence-corrected chi connectivity index (χ4v) is 4.11. The Kier molecular flexibility index (Phi) is 3.33. The Bertz CT molecular complexity index is 691. The molecule has 110 valence electrons. The molecule has 2 aromatic rings. The average Bonchev–Trinajstić information content (AvgIpc) is 2.85. The van der Waals surface area contributed by atoms with Crippen LogP contribution in [0.1, 0.15) is 13.8 Å². The second kappa shape index (κ2) is 4.92. The number of nitrogens with one attached hydrogen (secondary N) is 1. The van der Waals surface area contributed by atoms with E-state index in [1.807, 2.05) is 22.9 Å². The second-order valence-corrected chi connectivity index (χ2v) is 7.43. The van der Waals surface area contributed by atoms with Crippen LogP contribution < -0.4 is 5.32 Å². The van der Waals surface area contributed by atoms with E-state index in [2.05, 4.69) is 10.3 Å². The van der Waals surface area contributed by atoms with Gasteiger partial charge >= 0.3 is 5.97 Å². The van der Waals surface area contributed by atoms with Crippen LogP contribution in [0, 0.1) is 17.3 Å². The minimum absolute atomic E-state index is 0.264. The van der Waals surface area contributed by atoms with Crippen molar-refractivity contribution in [2.75, 3.05) is 5.32 Å². The predicted octanol–water partition coefficient (Wildman–Crippen LogP) is 3.17. The van der Waals surface area contributed by atoms with Crippen LogP contribution in [0.15, 0.2) is 22.9 Å². The maximum atomic E-state index is 12.2. The number of anilines is 1. The number of amides is 1. The van der Waals surface area contributed by atoms with E-state index < -0.39 is 23.2 Å². The lowest BCUT2D eigenvalue weighted by molar-refractivity contribution is -0.140. The van der Waals surface area contributed by atoms with Crippen LogP contribution >= 0.6 is 22.7 Å². The van der Waals surface area contributed by atoms with Gasteiger partial charge in [0.2, 0.25) is 5.91 Å². The molecule has 1 amide bonds. The highest BCUT2D eigenvalue weighted by Crippen LogP contribution is 2.58. The number of carbonyl (C=O) groups excluding carboxylic acids is 1. The van der Waals surface area contributed by atoms with Crippen LogP contribution in [-0.2, 0) is 9.59 Å². The first kappa shape index (κ1) is 14.2. The minimum atomic E-state index is -0.918. The van der Waals surface area contributed by atoms with Crippen molar-refractivity contribution in [3.63, 3.8) is 0 Å². The molecule has 0 bridgehead atoms. The summed E-state index contributed by atoms with van der Waals surface area (Å²) in [6.45, 7) is 3.60. The van der Waals surface area contributed by atoms with Gasteiger partial charge in [-0.2, -0.15) is 0 Å². The summed E-state index contributed by atoms with van der Waals surface area (Å²) in [5.41, 5.74) is 0.333. The van der Waals surface area contributed by atoms with E-state index in [9.17, 15) is 9.59 Å². The van der Waals surface area contributed by atoms with E-state index >= 15 is 0 Å². The molecule has 2 unspecified atom stereocenters. The average molecular weight is 322 g/mol. The SMILES string of the molecule is CC1(C)C(C(=O)O)C1C(=O)Nc1nc(-c2cccs2)cs1. The number of thiophene rings is 1. The topological polar surface area (TPSA) is 79.3 Å². The summed E-state index contributed by atoms with van der Waals surface area (Å²) in [5, 5.41) is 16.2. The highest BCUT2D eigenvalue weighted by atomic mass is 32.1. The molecular weight excluding hydrogens is 308 g/mol. The van der Waals surface area contributed by atoms with Gasteiger partial charge in [0.25, 0.3) is 0 Å². The van der Waals surface area contributed by atoms with Crippen LogP contribution in [0.2, 0.25) is 0 Å². The molecule has 0 spiro atoms. The third kappa shape index (κ3) is 2.47. The quantitative estimate of drug-likeness (QED) is 0.906. The Balaban J connectivity index is 1.71. The minimum Gasteiger partial charge on any atom is -0.481 e. The number of carboxylic acids is 1. The summed E-state index contributed by atoms with van der Waals surface area (Å²) in [6, 6.07) is 3.91. The molecule has 5 nitrogen and oxygen atoms in total. The number of hydrogen-bond donors (Lipinski definition) is 2. The summed E-state index contributed by atoms with van der Waals surface area (Å²) < 4.78 is 0. The molecule has 1 saturated carbocycles. The maximum absolute atomic E-state index is 12.2. The first-order valence-corrected chi connectivity index (χ1v) is 8.20. The fraction of sp³-hybridized carbons (Fsp3) is 0.357. The van der Waals surface area contributed by atoms with Gasteiger partial charge in [0.05, 0.1) is 22.4 Å². The van der Waals surface area contributed by atoms with Gasteiger partial charge in [-0.05, 0) is 16.9 Å². The number of nitrogens with zero attached hydrogens (tertiary/aromatic N) is 1. The van der Waals surface area contributed by atoms with Crippen molar-refractivity contribution in [3.8, 4) is 10.6 Å². The predicted molar refractivity (Wildman–Crippen MR) is 82.5 cm³/mol. The van der Waals surface area contributed by atoms with E-state index in [1.165, 1.54) is 11.3 Å². The van der Waals surface area contributed by atoms with Gasteiger partial charge in [-0.1, -0.05) is 19.9 Å². The van der Waals surface area contributed by atoms with Gasteiger partial charge in [0.15, 0.2) is 5.13 Å². The zero-order valence-electron chi connectivity index (χ0n) is 11.5. The lowest BCUT2D eigenvalue weighted by Gasteiger charge is -2.02. The van der Waals surface area contributed by atoms with Crippen molar-refractivity contribution >= 4 is 39.7 Å². The molecule has 3 rings (SSSR count). The standard InChI is InChI=1S/C14H14N2O3S2/c1-14(2)9(10(14)12(18)19)11(17)16-13-15-7(6-21-13)8-4-3-5-20-8/h3-6,9-10H,1-2H3,(H,18,19)(H,15,16,17). The zero-order chi connectivity index (χ0) is 15.2. The third-order valence-electron chi connectivity index (χ3n) is 3.88. The van der Waals surface area contributed by atoms with Gasteiger partial charge in [0, 0.05) is 5.38 Å². The van der Waals surface area contributed by atoms with Crippen molar-refractivity contribution in [1.29, 1.82) is 0 Å². The second-order valence-electron chi connectivity index (χ2n) is 5.62. The lowest BCUT2D eigenvalue weighted by atomic mass is 10.1. The summed E-state index contributed by atoms with van der Waals surface area (Å²) in [5.74, 6) is -2.30. The summed E-state index contributed by atoms with van der Waals surface area (Å²) >= 11 is 2.93. The van der Waals surface area contributed by atoms with Gasteiger partial charge in [0.1, 0.15) is 0 Å². The molecule has 2 heterocycles. The van der Waals surface area contributed by atoms with Crippen molar-refractivity contribution in [2.45, 2.75) is 13.8 Å². The highest BCUT2D eigenvalue weighted by molar-refractivity contribution is 7.16. The first-order valence-electron chi connectivity index (χ1n) is 6.44. The molecule has 0 radical (unpaired) electrons. The largest absolute Gasteiger partial charge is 0.481 e. The number of rotatable bonds is 4. The van der Waals surface area contributed by atoms with Crippen molar-refractivity contribution in [2.24, 2.45) is 17.3 Å². The number of aliphatic carboxylic acids is 1. The molecule has 0 saturated heterocycles. The maximum Gasteiger partial charge on any atom is 0.307 e. The van der Waals surface area contributed by atoms with E-state index in [4.69, 9.17) is 5.11 Å². The Morgan fingerprint density at radius 2 is 2.10 bits per heavy atom. The van der Waals surface area contributed by atoms with Crippen LogP contribution in [0.4, 0.5) is 5.13 Å². The molecule has 2 atom stereocenters. The van der Waals surface area contributed by atoms with E-state index in [1.54, 1.807) is 25.2 Å². The van der Waals surface area contributed by atoms with Crippen LogP contribution in [-0.4, -0.2) is 22.0 Å². The van der Waals surface area contributed by atoms with Crippen molar-refractivity contribution < 1.29 is 14.7 Å². The van der Waals surface area contributed by atoms with E-state index in [0.29, 0.717) is 5.13 Å². The summed E-state index contributed by atoms with van der Waals surface area (Å²) in [7, 11) is 0. The molecule has 21 heavy (non-hydrogen) atoms.